The highest BCUT2D eigenvalue weighted by Gasteiger charge is 2.46. The first-order valence-electron chi connectivity index (χ1n) is 6.86. The van der Waals surface area contributed by atoms with E-state index in [2.05, 4.69) is 15.5 Å². The molecule has 18 heavy (non-hydrogen) atoms. The third-order valence-electron chi connectivity index (χ3n) is 4.47. The molecule has 1 saturated carbocycles. The summed E-state index contributed by atoms with van der Waals surface area (Å²) in [6.45, 7) is 2.49. The van der Waals surface area contributed by atoms with Crippen LogP contribution in [-0.2, 0) is 11.3 Å². The van der Waals surface area contributed by atoms with Crippen LogP contribution in [0.5, 0.6) is 0 Å². The number of nitrogens with zero attached hydrogens (tertiary/aromatic N) is 2. The average Bonchev–Trinajstić information content (AvgIpc) is 2.98. The molecule has 0 aromatic carbocycles. The van der Waals surface area contributed by atoms with E-state index in [0.717, 1.165) is 19.0 Å². The van der Waals surface area contributed by atoms with Crippen molar-refractivity contribution in [2.45, 2.75) is 44.6 Å². The van der Waals surface area contributed by atoms with Gasteiger partial charge in [0.05, 0.1) is 5.92 Å². The molecule has 0 bridgehead atoms. The summed E-state index contributed by atoms with van der Waals surface area (Å²) in [5, 5.41) is 7.50. The van der Waals surface area contributed by atoms with Crippen molar-refractivity contribution in [1.29, 1.82) is 0 Å². The second-order valence-electron chi connectivity index (χ2n) is 5.59. The SMILES string of the molecule is COCc1noc(C2CNCC23CCCCC3)n1. The minimum atomic E-state index is 0.356. The zero-order valence-corrected chi connectivity index (χ0v) is 10.9. The lowest BCUT2D eigenvalue weighted by Crippen LogP contribution is -2.31. The molecule has 1 aromatic rings. The molecule has 1 aliphatic carbocycles. The summed E-state index contributed by atoms with van der Waals surface area (Å²) in [5.74, 6) is 1.84. The first-order valence-corrected chi connectivity index (χ1v) is 6.86. The lowest BCUT2D eigenvalue weighted by molar-refractivity contribution is 0.164. The largest absolute Gasteiger partial charge is 0.377 e. The van der Waals surface area contributed by atoms with E-state index in [9.17, 15) is 0 Å². The maximum atomic E-state index is 5.45. The fraction of sp³-hybridized carbons (Fsp3) is 0.846. The van der Waals surface area contributed by atoms with Crippen molar-refractivity contribution in [2.24, 2.45) is 5.41 Å². The average molecular weight is 251 g/mol. The Morgan fingerprint density at radius 2 is 2.22 bits per heavy atom. The highest BCUT2D eigenvalue weighted by Crippen LogP contribution is 2.48. The normalized spacial score (nSPS) is 26.8. The topological polar surface area (TPSA) is 60.2 Å². The second kappa shape index (κ2) is 4.97. The standard InChI is InChI=1S/C13H21N3O2/c1-17-8-11-15-12(18-16-11)10-7-14-9-13(10)5-3-2-4-6-13/h10,14H,2-9H2,1H3. The smallest absolute Gasteiger partial charge is 0.231 e. The van der Waals surface area contributed by atoms with Crippen molar-refractivity contribution >= 4 is 0 Å². The van der Waals surface area contributed by atoms with E-state index in [-0.39, 0.29) is 0 Å². The van der Waals surface area contributed by atoms with Crippen LogP contribution >= 0.6 is 0 Å². The van der Waals surface area contributed by atoms with Gasteiger partial charge >= 0.3 is 0 Å². The Balaban J connectivity index is 1.80. The van der Waals surface area contributed by atoms with E-state index in [1.165, 1.54) is 32.1 Å². The van der Waals surface area contributed by atoms with E-state index in [1.54, 1.807) is 7.11 Å². The number of hydrogen-bond acceptors (Lipinski definition) is 5. The van der Waals surface area contributed by atoms with E-state index in [4.69, 9.17) is 9.26 Å². The Labute approximate surface area is 107 Å². The molecule has 3 rings (SSSR count). The minimum absolute atomic E-state index is 0.356. The van der Waals surface area contributed by atoms with Gasteiger partial charge in [-0.3, -0.25) is 0 Å². The molecule has 1 aromatic heterocycles. The first-order chi connectivity index (χ1) is 8.84. The van der Waals surface area contributed by atoms with Crippen molar-refractivity contribution in [1.82, 2.24) is 15.5 Å². The summed E-state index contributed by atoms with van der Waals surface area (Å²) >= 11 is 0. The number of ether oxygens (including phenoxy) is 1. The molecule has 1 saturated heterocycles. The molecule has 100 valence electrons. The van der Waals surface area contributed by atoms with Crippen molar-refractivity contribution in [3.63, 3.8) is 0 Å². The first kappa shape index (κ1) is 12.1. The van der Waals surface area contributed by atoms with Gasteiger partial charge in [-0.05, 0) is 18.3 Å². The van der Waals surface area contributed by atoms with Gasteiger partial charge < -0.3 is 14.6 Å². The Kier molecular flexibility index (Phi) is 3.35. The van der Waals surface area contributed by atoms with Crippen LogP contribution in [0.4, 0.5) is 0 Å². The summed E-state index contributed by atoms with van der Waals surface area (Å²) in [5.41, 5.74) is 0.356. The van der Waals surface area contributed by atoms with Crippen LogP contribution < -0.4 is 5.32 Å². The van der Waals surface area contributed by atoms with E-state index in [1.807, 2.05) is 0 Å². The predicted molar refractivity (Wildman–Crippen MR) is 66.1 cm³/mol. The van der Waals surface area contributed by atoms with Gasteiger partial charge in [-0.2, -0.15) is 4.98 Å². The van der Waals surface area contributed by atoms with E-state index < -0.39 is 0 Å². The number of rotatable bonds is 3. The van der Waals surface area contributed by atoms with Gasteiger partial charge in [0, 0.05) is 20.2 Å². The fourth-order valence-electron chi connectivity index (χ4n) is 3.53. The molecule has 2 aliphatic rings. The van der Waals surface area contributed by atoms with Gasteiger partial charge in [0.2, 0.25) is 5.89 Å². The van der Waals surface area contributed by atoms with Gasteiger partial charge in [0.15, 0.2) is 5.82 Å². The molecule has 1 unspecified atom stereocenters. The zero-order chi connectivity index (χ0) is 12.4. The van der Waals surface area contributed by atoms with Crippen molar-refractivity contribution < 1.29 is 9.26 Å². The molecule has 1 N–H and O–H groups in total. The third kappa shape index (κ3) is 2.06. The van der Waals surface area contributed by atoms with Crippen LogP contribution in [0, 0.1) is 5.41 Å². The molecule has 1 atom stereocenters. The summed E-state index contributed by atoms with van der Waals surface area (Å²) < 4.78 is 10.5. The predicted octanol–water partition coefficient (Wildman–Crippen LogP) is 1.85. The minimum Gasteiger partial charge on any atom is -0.377 e. The lowest BCUT2D eigenvalue weighted by atomic mass is 9.67. The molecule has 2 fully saturated rings. The number of methoxy groups -OCH3 is 1. The zero-order valence-electron chi connectivity index (χ0n) is 10.9. The molecule has 0 amide bonds. The van der Waals surface area contributed by atoms with Crippen LogP contribution in [0.2, 0.25) is 0 Å². The maximum Gasteiger partial charge on any atom is 0.231 e. The third-order valence-corrected chi connectivity index (χ3v) is 4.47. The highest BCUT2D eigenvalue weighted by atomic mass is 16.5. The van der Waals surface area contributed by atoms with Crippen LogP contribution in [0.3, 0.4) is 0 Å². The summed E-state index contributed by atoms with van der Waals surface area (Å²) in [7, 11) is 1.65. The Hall–Kier alpha value is -0.940. The summed E-state index contributed by atoms with van der Waals surface area (Å²) in [6.07, 6.45) is 6.60. The quantitative estimate of drug-likeness (QED) is 0.888. The molecule has 0 radical (unpaired) electrons. The number of nitrogens with one attached hydrogen (secondary N) is 1. The molecule has 1 aliphatic heterocycles. The van der Waals surface area contributed by atoms with Gasteiger partial charge in [0.1, 0.15) is 6.61 Å². The van der Waals surface area contributed by atoms with Crippen molar-refractivity contribution in [3.05, 3.63) is 11.7 Å². The van der Waals surface area contributed by atoms with Crippen molar-refractivity contribution in [2.75, 3.05) is 20.2 Å². The van der Waals surface area contributed by atoms with Crippen LogP contribution in [-0.4, -0.2) is 30.3 Å². The monoisotopic (exact) mass is 251 g/mol. The van der Waals surface area contributed by atoms with E-state index in [0.29, 0.717) is 23.8 Å². The van der Waals surface area contributed by atoms with Gasteiger partial charge in [-0.1, -0.05) is 24.4 Å². The van der Waals surface area contributed by atoms with Crippen LogP contribution in [0.15, 0.2) is 4.52 Å². The second-order valence-corrected chi connectivity index (χ2v) is 5.59. The highest BCUT2D eigenvalue weighted by molar-refractivity contribution is 5.09. The Morgan fingerprint density at radius 3 is 3.00 bits per heavy atom. The Morgan fingerprint density at radius 1 is 1.39 bits per heavy atom. The Bertz CT molecular complexity index is 399. The molecule has 1 spiro atoms. The van der Waals surface area contributed by atoms with Crippen LogP contribution in [0.1, 0.15) is 49.7 Å². The van der Waals surface area contributed by atoms with E-state index >= 15 is 0 Å². The fourth-order valence-corrected chi connectivity index (χ4v) is 3.53. The number of aromatic nitrogens is 2. The van der Waals surface area contributed by atoms with Gasteiger partial charge in [0.25, 0.3) is 0 Å². The molecular weight excluding hydrogens is 230 g/mol. The van der Waals surface area contributed by atoms with Crippen LogP contribution in [0.25, 0.3) is 0 Å². The molecular formula is C13H21N3O2. The summed E-state index contributed by atoms with van der Waals surface area (Å²) in [6, 6.07) is 0. The molecule has 5 nitrogen and oxygen atoms in total. The number of hydrogen-bond donors (Lipinski definition) is 1. The van der Waals surface area contributed by atoms with Gasteiger partial charge in [-0.15, -0.1) is 0 Å². The molecule has 5 heteroatoms. The molecule has 2 heterocycles. The lowest BCUT2D eigenvalue weighted by Gasteiger charge is -2.36. The summed E-state index contributed by atoms with van der Waals surface area (Å²) in [4.78, 5) is 4.49. The van der Waals surface area contributed by atoms with Gasteiger partial charge in [-0.25, -0.2) is 0 Å². The van der Waals surface area contributed by atoms with Crippen molar-refractivity contribution in [3.8, 4) is 0 Å². The maximum absolute atomic E-state index is 5.45.